The van der Waals surface area contributed by atoms with Crippen molar-refractivity contribution in [3.63, 3.8) is 0 Å². The molecule has 0 aliphatic heterocycles. The molecule has 6 nitrogen and oxygen atoms in total. The molecule has 0 amide bonds. The van der Waals surface area contributed by atoms with Crippen molar-refractivity contribution in [1.82, 2.24) is 14.4 Å². The van der Waals surface area contributed by atoms with Crippen LogP contribution in [-0.2, 0) is 4.74 Å². The van der Waals surface area contributed by atoms with Gasteiger partial charge in [0.05, 0.1) is 0 Å². The van der Waals surface area contributed by atoms with Crippen LogP contribution in [0.5, 0.6) is 0 Å². The molecular weight excluding hydrogens is 438 g/mol. The fourth-order valence-corrected chi connectivity index (χ4v) is 5.75. The topological polar surface area (TPSA) is 76.5 Å². The molecular formula is C29H39N3O3. The third-order valence-corrected chi connectivity index (χ3v) is 7.62. The zero-order valence-electron chi connectivity index (χ0n) is 22.3. The number of carbonyl (C=O) groups excluding carboxylic acids is 1. The van der Waals surface area contributed by atoms with Gasteiger partial charge in [0.25, 0.3) is 0 Å². The second-order valence-corrected chi connectivity index (χ2v) is 12.5. The molecule has 0 bridgehead atoms. The molecule has 0 saturated heterocycles. The maximum Gasteiger partial charge on any atom is 0.342 e. The number of aromatic amines is 1. The van der Waals surface area contributed by atoms with Gasteiger partial charge in [-0.2, -0.15) is 0 Å². The smallest absolute Gasteiger partial charge is 0.342 e. The number of ether oxygens (including phenoxy) is 1. The minimum Gasteiger partial charge on any atom is -0.458 e. The number of H-pyrrole nitrogens is 1. The van der Waals surface area contributed by atoms with Gasteiger partial charge >= 0.3 is 11.7 Å². The van der Waals surface area contributed by atoms with Gasteiger partial charge in [0.2, 0.25) is 0 Å². The fraction of sp³-hybridized carbons (Fsp3) is 0.552. The molecule has 1 saturated carbocycles. The summed E-state index contributed by atoms with van der Waals surface area (Å²) in [5.74, 6) is 1.07. The van der Waals surface area contributed by atoms with Crippen LogP contribution in [0.2, 0.25) is 0 Å². The lowest BCUT2D eigenvalue weighted by atomic mass is 9.59. The van der Waals surface area contributed by atoms with Crippen molar-refractivity contribution in [1.29, 1.82) is 0 Å². The van der Waals surface area contributed by atoms with Gasteiger partial charge < -0.3 is 4.74 Å². The highest BCUT2D eigenvalue weighted by Crippen LogP contribution is 2.50. The maximum atomic E-state index is 14.0. The van der Waals surface area contributed by atoms with E-state index in [9.17, 15) is 9.59 Å². The highest BCUT2D eigenvalue weighted by molar-refractivity contribution is 6.03. The van der Waals surface area contributed by atoms with Crippen molar-refractivity contribution in [3.8, 4) is 11.1 Å². The van der Waals surface area contributed by atoms with Crippen molar-refractivity contribution < 1.29 is 9.53 Å². The van der Waals surface area contributed by atoms with E-state index in [0.29, 0.717) is 28.5 Å². The summed E-state index contributed by atoms with van der Waals surface area (Å²) in [7, 11) is 0. The third-order valence-electron chi connectivity index (χ3n) is 7.62. The summed E-state index contributed by atoms with van der Waals surface area (Å²) in [5, 5.41) is 0. The Morgan fingerprint density at radius 1 is 1.03 bits per heavy atom. The van der Waals surface area contributed by atoms with Gasteiger partial charge in [0.1, 0.15) is 17.5 Å². The first-order chi connectivity index (χ1) is 16.3. The van der Waals surface area contributed by atoms with Crippen LogP contribution in [0.3, 0.4) is 0 Å². The van der Waals surface area contributed by atoms with E-state index in [0.717, 1.165) is 18.4 Å². The van der Waals surface area contributed by atoms with Crippen LogP contribution in [0, 0.1) is 35.5 Å². The van der Waals surface area contributed by atoms with E-state index in [1.165, 1.54) is 4.40 Å². The zero-order chi connectivity index (χ0) is 25.7. The van der Waals surface area contributed by atoms with E-state index in [1.54, 1.807) is 13.1 Å². The second kappa shape index (κ2) is 8.96. The normalized spacial score (nSPS) is 23.4. The molecule has 35 heavy (non-hydrogen) atoms. The van der Waals surface area contributed by atoms with E-state index in [4.69, 9.17) is 4.74 Å². The van der Waals surface area contributed by atoms with Crippen LogP contribution < -0.4 is 5.69 Å². The molecule has 1 N–H and O–H groups in total. The summed E-state index contributed by atoms with van der Waals surface area (Å²) in [6.07, 6.45) is 3.51. The van der Waals surface area contributed by atoms with Crippen LogP contribution in [0.15, 0.2) is 41.3 Å². The number of benzene rings is 1. The molecule has 0 radical (unpaired) electrons. The monoisotopic (exact) mass is 477 g/mol. The van der Waals surface area contributed by atoms with Crippen molar-refractivity contribution in [2.45, 2.75) is 74.3 Å². The van der Waals surface area contributed by atoms with E-state index in [2.05, 4.69) is 58.4 Å². The van der Waals surface area contributed by atoms with E-state index in [-0.39, 0.29) is 34.5 Å². The Balaban J connectivity index is 1.86. The number of nitrogens with one attached hydrogen (secondary N) is 1. The first-order valence-corrected chi connectivity index (χ1v) is 12.7. The quantitative estimate of drug-likeness (QED) is 0.451. The molecule has 2 heterocycles. The molecule has 2 aromatic heterocycles. The average Bonchev–Trinajstić information content (AvgIpc) is 3.13. The molecule has 188 valence electrons. The Bertz CT molecular complexity index is 1250. The molecule has 1 aromatic carbocycles. The highest BCUT2D eigenvalue weighted by atomic mass is 16.5. The minimum absolute atomic E-state index is 0.0137. The Labute approximate surface area is 208 Å². The molecule has 1 aliphatic rings. The first-order valence-electron chi connectivity index (χ1n) is 12.7. The summed E-state index contributed by atoms with van der Waals surface area (Å²) in [4.78, 5) is 34.1. The lowest BCUT2D eigenvalue weighted by molar-refractivity contribution is -0.0922. The van der Waals surface area contributed by atoms with E-state index >= 15 is 0 Å². The van der Waals surface area contributed by atoms with Crippen LogP contribution >= 0.6 is 0 Å². The molecule has 1 aliphatic carbocycles. The molecule has 6 heteroatoms. The van der Waals surface area contributed by atoms with Gasteiger partial charge in [-0.3, -0.25) is 9.38 Å². The molecule has 2 unspecified atom stereocenters. The van der Waals surface area contributed by atoms with Crippen LogP contribution in [0.4, 0.5) is 0 Å². The van der Waals surface area contributed by atoms with Crippen LogP contribution in [-0.4, -0.2) is 26.4 Å². The van der Waals surface area contributed by atoms with Gasteiger partial charge in [-0.25, -0.2) is 14.6 Å². The Morgan fingerprint density at radius 3 is 2.14 bits per heavy atom. The van der Waals surface area contributed by atoms with Gasteiger partial charge in [-0.1, -0.05) is 78.8 Å². The standard InChI is InChI=1S/C29H39N3O3/c1-17-14-21(28(3,4)5)24(22(15-17)29(6,7)8)35-26(33)23-20(19-12-10-9-11-13-19)16-32-25(23)30-18(2)31-27(32)34/h9-13,16-17,21-22,24H,14-15H2,1-8H3,(H,30,31,34). The van der Waals surface area contributed by atoms with Gasteiger partial charge in [-0.05, 0) is 42.1 Å². The predicted molar refractivity (Wildman–Crippen MR) is 139 cm³/mol. The maximum absolute atomic E-state index is 14.0. The van der Waals surface area contributed by atoms with Crippen molar-refractivity contribution in [3.05, 3.63) is 58.4 Å². The van der Waals surface area contributed by atoms with Crippen molar-refractivity contribution in [2.75, 3.05) is 0 Å². The highest BCUT2D eigenvalue weighted by Gasteiger charge is 2.48. The number of esters is 1. The minimum atomic E-state index is -0.410. The summed E-state index contributed by atoms with van der Waals surface area (Å²) in [6.45, 7) is 17.5. The Hall–Kier alpha value is -2.89. The summed E-state index contributed by atoms with van der Waals surface area (Å²) in [6, 6.07) is 9.64. The van der Waals surface area contributed by atoms with E-state index in [1.807, 2.05) is 30.3 Å². The summed E-state index contributed by atoms with van der Waals surface area (Å²) in [5.41, 5.74) is 1.83. The summed E-state index contributed by atoms with van der Waals surface area (Å²) >= 11 is 0. The number of aryl methyl sites for hydroxylation is 1. The zero-order valence-corrected chi connectivity index (χ0v) is 22.3. The first kappa shape index (κ1) is 25.2. The Kier molecular flexibility index (Phi) is 6.45. The van der Waals surface area contributed by atoms with Crippen molar-refractivity contribution >= 4 is 11.6 Å². The number of carbonyl (C=O) groups is 1. The number of aromatic nitrogens is 3. The number of nitrogens with zero attached hydrogens (tertiary/aromatic N) is 2. The number of rotatable bonds is 3. The summed E-state index contributed by atoms with van der Waals surface area (Å²) < 4.78 is 7.92. The average molecular weight is 478 g/mol. The van der Waals surface area contributed by atoms with E-state index < -0.39 is 5.97 Å². The molecule has 2 atom stereocenters. The Morgan fingerprint density at radius 2 is 1.60 bits per heavy atom. The number of hydrogen-bond acceptors (Lipinski definition) is 4. The lowest BCUT2D eigenvalue weighted by Crippen LogP contribution is -2.49. The van der Waals surface area contributed by atoms with Gasteiger partial charge in [0, 0.05) is 23.6 Å². The lowest BCUT2D eigenvalue weighted by Gasteiger charge is -2.50. The molecule has 0 spiro atoms. The largest absolute Gasteiger partial charge is 0.458 e. The number of hydrogen-bond donors (Lipinski definition) is 1. The van der Waals surface area contributed by atoms with Gasteiger partial charge in [0.15, 0.2) is 5.65 Å². The fourth-order valence-electron chi connectivity index (χ4n) is 5.75. The predicted octanol–water partition coefficient (Wildman–Crippen LogP) is 6.28. The van der Waals surface area contributed by atoms with Crippen molar-refractivity contribution in [2.24, 2.45) is 28.6 Å². The SMILES string of the molecule is Cc1nc2c(C(=O)OC3C(C(C)(C)C)CC(C)CC3C(C)(C)C)c(-c3ccccc3)cn2c(=O)[nH]1. The third kappa shape index (κ3) is 4.93. The van der Waals surface area contributed by atoms with Crippen LogP contribution in [0.1, 0.15) is 77.5 Å². The molecule has 3 aromatic rings. The molecule has 4 rings (SSSR count). The second-order valence-electron chi connectivity index (χ2n) is 12.5. The van der Waals surface area contributed by atoms with Crippen LogP contribution in [0.25, 0.3) is 16.8 Å². The molecule has 1 fully saturated rings. The van der Waals surface area contributed by atoms with Gasteiger partial charge in [-0.15, -0.1) is 0 Å². The number of fused-ring (bicyclic) bond motifs is 1.